The van der Waals surface area contributed by atoms with E-state index in [9.17, 15) is 19.2 Å². The molecule has 172 valence electrons. The molecule has 1 aromatic rings. The Bertz CT molecular complexity index is 758. The Morgan fingerprint density at radius 2 is 1.77 bits per heavy atom. The second-order valence-electron chi connectivity index (χ2n) is 8.31. The predicted molar refractivity (Wildman–Crippen MR) is 118 cm³/mol. The number of ether oxygens (including phenoxy) is 2. The number of nitrogens with two attached hydrogens (primary N) is 1. The number of benzene rings is 1. The van der Waals surface area contributed by atoms with E-state index in [0.29, 0.717) is 31.6 Å². The van der Waals surface area contributed by atoms with Gasteiger partial charge in [-0.3, -0.25) is 19.2 Å². The van der Waals surface area contributed by atoms with Gasteiger partial charge in [0.05, 0.1) is 24.5 Å². The highest BCUT2D eigenvalue weighted by molar-refractivity contribution is 5.98. The molecule has 0 spiro atoms. The van der Waals surface area contributed by atoms with Crippen molar-refractivity contribution in [2.24, 2.45) is 5.73 Å². The standard InChI is InChI=1S/C23H34N2O6/c1-16(26)13-20(27)10-7-18-5-8-19(9-6-18)25-22(29)14-17(2)30-12-11-23(3,4)31-15-21(24)28/h5-6,8-9,17H,7,10-15H2,1-4H3,(H2,24,28)(H,25,29). The largest absolute Gasteiger partial charge is 0.378 e. The van der Waals surface area contributed by atoms with Crippen molar-refractivity contribution in [3.63, 3.8) is 0 Å². The molecule has 0 aliphatic carbocycles. The third-order valence-corrected chi connectivity index (χ3v) is 4.56. The van der Waals surface area contributed by atoms with Crippen LogP contribution in [0.2, 0.25) is 0 Å². The molecule has 0 aromatic heterocycles. The first-order valence-corrected chi connectivity index (χ1v) is 10.4. The number of carbonyl (C=O) groups is 4. The summed E-state index contributed by atoms with van der Waals surface area (Å²) in [7, 11) is 0. The van der Waals surface area contributed by atoms with E-state index in [4.69, 9.17) is 15.2 Å². The number of aryl methyl sites for hydroxylation is 1. The number of primary amides is 1. The molecule has 8 heteroatoms. The zero-order valence-corrected chi connectivity index (χ0v) is 18.9. The molecule has 0 fully saturated rings. The molecule has 0 bridgehead atoms. The van der Waals surface area contributed by atoms with E-state index in [2.05, 4.69) is 5.32 Å². The van der Waals surface area contributed by atoms with E-state index in [1.807, 2.05) is 32.9 Å². The van der Waals surface area contributed by atoms with Crippen LogP contribution in [0.25, 0.3) is 0 Å². The number of Topliss-reactive ketones (excluding diaryl/α,β-unsaturated/α-hetero) is 2. The molecule has 0 aliphatic rings. The summed E-state index contributed by atoms with van der Waals surface area (Å²) in [6.45, 7) is 7.16. The number of carbonyl (C=O) groups excluding carboxylic acids is 4. The minimum Gasteiger partial charge on any atom is -0.378 e. The SMILES string of the molecule is CC(=O)CC(=O)CCc1ccc(NC(=O)CC(C)OCCC(C)(C)OCC(N)=O)cc1. The van der Waals surface area contributed by atoms with Gasteiger partial charge in [0.15, 0.2) is 0 Å². The lowest BCUT2D eigenvalue weighted by Gasteiger charge is -2.25. The van der Waals surface area contributed by atoms with Crippen molar-refractivity contribution in [1.29, 1.82) is 0 Å². The van der Waals surface area contributed by atoms with Gasteiger partial charge in [0.25, 0.3) is 0 Å². The van der Waals surface area contributed by atoms with E-state index in [1.165, 1.54) is 6.92 Å². The second kappa shape index (κ2) is 13.0. The fraction of sp³-hybridized carbons (Fsp3) is 0.565. The molecule has 1 aromatic carbocycles. The summed E-state index contributed by atoms with van der Waals surface area (Å²) in [5, 5.41) is 2.82. The number of amides is 2. The van der Waals surface area contributed by atoms with Crippen molar-refractivity contribution < 1.29 is 28.7 Å². The van der Waals surface area contributed by atoms with Gasteiger partial charge in [-0.25, -0.2) is 0 Å². The monoisotopic (exact) mass is 434 g/mol. The van der Waals surface area contributed by atoms with E-state index >= 15 is 0 Å². The topological polar surface area (TPSA) is 125 Å². The number of rotatable bonds is 15. The van der Waals surface area contributed by atoms with Gasteiger partial charge in [-0.15, -0.1) is 0 Å². The maximum atomic E-state index is 12.2. The molecule has 1 atom stereocenters. The molecule has 3 N–H and O–H groups in total. The highest BCUT2D eigenvalue weighted by Gasteiger charge is 2.20. The number of anilines is 1. The van der Waals surface area contributed by atoms with Crippen LogP contribution in [-0.2, 0) is 35.1 Å². The number of ketones is 2. The van der Waals surface area contributed by atoms with Gasteiger partial charge >= 0.3 is 0 Å². The van der Waals surface area contributed by atoms with Crippen LogP contribution < -0.4 is 11.1 Å². The van der Waals surface area contributed by atoms with Crippen LogP contribution in [0.1, 0.15) is 58.9 Å². The maximum Gasteiger partial charge on any atom is 0.243 e. The molecule has 31 heavy (non-hydrogen) atoms. The fourth-order valence-corrected chi connectivity index (χ4v) is 2.78. The number of hydrogen-bond donors (Lipinski definition) is 2. The van der Waals surface area contributed by atoms with Crippen LogP contribution in [0.15, 0.2) is 24.3 Å². The lowest BCUT2D eigenvalue weighted by Crippen LogP contribution is -2.32. The lowest BCUT2D eigenvalue weighted by molar-refractivity contribution is -0.130. The summed E-state index contributed by atoms with van der Waals surface area (Å²) >= 11 is 0. The van der Waals surface area contributed by atoms with Crippen molar-refractivity contribution in [1.82, 2.24) is 0 Å². The second-order valence-corrected chi connectivity index (χ2v) is 8.31. The first-order valence-electron chi connectivity index (χ1n) is 10.4. The average molecular weight is 435 g/mol. The predicted octanol–water partition coefficient (Wildman–Crippen LogP) is 2.57. The quantitative estimate of drug-likeness (QED) is 0.409. The summed E-state index contributed by atoms with van der Waals surface area (Å²) in [4.78, 5) is 45.6. The Balaban J connectivity index is 2.34. The molecule has 0 saturated heterocycles. The smallest absolute Gasteiger partial charge is 0.243 e. The Morgan fingerprint density at radius 3 is 2.35 bits per heavy atom. The van der Waals surface area contributed by atoms with E-state index < -0.39 is 11.5 Å². The number of nitrogens with one attached hydrogen (secondary N) is 1. The minimum absolute atomic E-state index is 0.0215. The van der Waals surface area contributed by atoms with Crippen LogP contribution in [-0.4, -0.2) is 48.3 Å². The average Bonchev–Trinajstić information content (AvgIpc) is 2.65. The van der Waals surface area contributed by atoms with Gasteiger partial charge < -0.3 is 20.5 Å². The van der Waals surface area contributed by atoms with Crippen LogP contribution in [0, 0.1) is 0 Å². The highest BCUT2D eigenvalue weighted by Crippen LogP contribution is 2.16. The zero-order chi connectivity index (χ0) is 23.4. The first-order chi connectivity index (χ1) is 14.5. The highest BCUT2D eigenvalue weighted by atomic mass is 16.5. The summed E-state index contributed by atoms with van der Waals surface area (Å²) in [5.74, 6) is -0.877. The van der Waals surface area contributed by atoms with Crippen LogP contribution in [0.3, 0.4) is 0 Å². The van der Waals surface area contributed by atoms with Gasteiger partial charge in [-0.2, -0.15) is 0 Å². The van der Waals surface area contributed by atoms with E-state index in [0.717, 1.165) is 5.56 Å². The molecule has 8 nitrogen and oxygen atoms in total. The number of hydrogen-bond acceptors (Lipinski definition) is 6. The Morgan fingerprint density at radius 1 is 1.13 bits per heavy atom. The third-order valence-electron chi connectivity index (χ3n) is 4.56. The van der Waals surface area contributed by atoms with Gasteiger partial charge in [0, 0.05) is 18.7 Å². The minimum atomic E-state index is -0.546. The van der Waals surface area contributed by atoms with Gasteiger partial charge in [0.2, 0.25) is 11.8 Å². The van der Waals surface area contributed by atoms with E-state index in [-0.39, 0.29) is 43.0 Å². The van der Waals surface area contributed by atoms with Crippen molar-refractivity contribution in [2.75, 3.05) is 18.5 Å². The summed E-state index contributed by atoms with van der Waals surface area (Å²) in [5.41, 5.74) is 6.16. The molecule has 0 aliphatic heterocycles. The van der Waals surface area contributed by atoms with Crippen molar-refractivity contribution in [3.05, 3.63) is 29.8 Å². The molecule has 1 rings (SSSR count). The van der Waals surface area contributed by atoms with Crippen molar-refractivity contribution in [3.8, 4) is 0 Å². The Hall–Kier alpha value is -2.58. The third kappa shape index (κ3) is 12.7. The molecule has 1 unspecified atom stereocenters. The fourth-order valence-electron chi connectivity index (χ4n) is 2.78. The molecular weight excluding hydrogens is 400 g/mol. The molecule has 0 radical (unpaired) electrons. The molecule has 2 amide bonds. The summed E-state index contributed by atoms with van der Waals surface area (Å²) in [6, 6.07) is 7.27. The van der Waals surface area contributed by atoms with Crippen molar-refractivity contribution in [2.45, 2.75) is 71.5 Å². The maximum absolute atomic E-state index is 12.2. The lowest BCUT2D eigenvalue weighted by atomic mass is 10.0. The van der Waals surface area contributed by atoms with Gasteiger partial charge in [-0.05, 0) is 58.2 Å². The zero-order valence-electron chi connectivity index (χ0n) is 18.9. The van der Waals surface area contributed by atoms with Crippen LogP contribution >= 0.6 is 0 Å². The van der Waals surface area contributed by atoms with Gasteiger partial charge in [-0.1, -0.05) is 12.1 Å². The molecular formula is C23H34N2O6. The first kappa shape index (κ1) is 26.5. The Labute approximate surface area is 183 Å². The molecule has 0 saturated carbocycles. The van der Waals surface area contributed by atoms with E-state index in [1.54, 1.807) is 12.1 Å². The van der Waals surface area contributed by atoms with Gasteiger partial charge in [0.1, 0.15) is 18.2 Å². The summed E-state index contributed by atoms with van der Waals surface area (Å²) < 4.78 is 11.1. The normalized spacial score (nSPS) is 12.3. The Kier molecular flexibility index (Phi) is 11.1. The summed E-state index contributed by atoms with van der Waals surface area (Å²) in [6.07, 6.45) is 1.34. The molecule has 0 heterocycles. The van der Waals surface area contributed by atoms with Crippen molar-refractivity contribution >= 4 is 29.1 Å². The van der Waals surface area contributed by atoms with Crippen LogP contribution in [0.4, 0.5) is 5.69 Å². The van der Waals surface area contributed by atoms with Crippen LogP contribution in [0.5, 0.6) is 0 Å².